The molecule has 0 saturated carbocycles. The Morgan fingerprint density at radius 1 is 1.19 bits per heavy atom. The van der Waals surface area contributed by atoms with Crippen molar-refractivity contribution < 1.29 is 22.5 Å². The van der Waals surface area contributed by atoms with Crippen molar-refractivity contribution in [1.29, 1.82) is 0 Å². The number of nitrogens with zero attached hydrogens (tertiary/aromatic N) is 7. The molecule has 3 heterocycles. The van der Waals surface area contributed by atoms with Crippen molar-refractivity contribution in [3.05, 3.63) is 36.2 Å². The maximum atomic E-state index is 12.6. The zero-order chi connectivity index (χ0) is 22.9. The van der Waals surface area contributed by atoms with Crippen molar-refractivity contribution in [2.24, 2.45) is 0 Å². The number of anilines is 3. The average molecular weight is 448 g/mol. The smallest absolute Gasteiger partial charge is 0.368 e. The van der Waals surface area contributed by atoms with Gasteiger partial charge in [0, 0.05) is 19.3 Å². The lowest BCUT2D eigenvalue weighted by molar-refractivity contribution is -0.162. The number of carbonyl (C=O) groups excluding carboxylic acids is 1. The first-order valence-electron chi connectivity index (χ1n) is 9.72. The second-order valence-electron chi connectivity index (χ2n) is 7.21. The number of carbonyl (C=O) groups is 1. The molecule has 0 radical (unpaired) electrons. The second-order valence-corrected chi connectivity index (χ2v) is 7.21. The van der Waals surface area contributed by atoms with Gasteiger partial charge in [0.1, 0.15) is 12.5 Å². The molecule has 1 aromatic carbocycles. The fourth-order valence-corrected chi connectivity index (χ4v) is 3.45. The van der Waals surface area contributed by atoms with Crippen LogP contribution in [0, 0.1) is 0 Å². The summed E-state index contributed by atoms with van der Waals surface area (Å²) in [7, 11) is 1.75. The summed E-state index contributed by atoms with van der Waals surface area (Å²) in [5.41, 5.74) is 6.64. The molecule has 13 heteroatoms. The topological polar surface area (TPSA) is 127 Å². The van der Waals surface area contributed by atoms with E-state index in [4.69, 9.17) is 10.3 Å². The van der Waals surface area contributed by atoms with Gasteiger partial charge in [-0.2, -0.15) is 33.1 Å². The van der Waals surface area contributed by atoms with E-state index in [1.54, 1.807) is 11.9 Å². The highest BCUT2D eigenvalue weighted by atomic mass is 19.4. The minimum absolute atomic E-state index is 0.00747. The first kappa shape index (κ1) is 21.5. The quantitative estimate of drug-likeness (QED) is 0.627. The number of halogens is 3. The van der Waals surface area contributed by atoms with E-state index in [2.05, 4.69) is 25.1 Å². The van der Waals surface area contributed by atoms with Gasteiger partial charge in [0.25, 0.3) is 0 Å². The summed E-state index contributed by atoms with van der Waals surface area (Å²) in [6.45, 7) is 0.183. The SMILES string of the molecule is CN(c1ccccc1)c1nc(N)nc(-c2noc([C@@H]3CCCN3C(=O)CC(F)(F)F)n2)n1. The standard InChI is InChI=1S/C19H19F3N8O2/c1-29(11-6-3-2-4-7-11)18-26-14(25-17(23)27-18)15-24-16(32-28-15)12-8-5-9-30(12)13(31)10-19(20,21)22/h2-4,6-7,12H,5,8-10H2,1H3,(H2,23,25,26,27)/t12-/m0/s1. The van der Waals surface area contributed by atoms with Crippen molar-refractivity contribution >= 4 is 23.5 Å². The Labute approximate surface area is 180 Å². The van der Waals surface area contributed by atoms with E-state index in [0.717, 1.165) is 10.6 Å². The van der Waals surface area contributed by atoms with Gasteiger partial charge in [0.05, 0.1) is 0 Å². The Balaban J connectivity index is 1.58. The van der Waals surface area contributed by atoms with E-state index >= 15 is 0 Å². The van der Waals surface area contributed by atoms with Crippen LogP contribution in [0.3, 0.4) is 0 Å². The van der Waals surface area contributed by atoms with Crippen molar-refractivity contribution in [2.75, 3.05) is 24.2 Å². The molecule has 0 aliphatic carbocycles. The first-order chi connectivity index (χ1) is 15.2. The Morgan fingerprint density at radius 3 is 2.66 bits per heavy atom. The van der Waals surface area contributed by atoms with E-state index < -0.39 is 24.5 Å². The maximum Gasteiger partial charge on any atom is 0.397 e. The van der Waals surface area contributed by atoms with Gasteiger partial charge < -0.3 is 20.1 Å². The number of rotatable bonds is 5. The molecule has 0 unspecified atom stereocenters. The molecule has 4 rings (SSSR count). The molecule has 2 N–H and O–H groups in total. The molecule has 168 valence electrons. The number of amides is 1. The molecule has 32 heavy (non-hydrogen) atoms. The molecule has 10 nitrogen and oxygen atoms in total. The number of nitrogen functional groups attached to an aromatic ring is 1. The fourth-order valence-electron chi connectivity index (χ4n) is 3.45. The van der Waals surface area contributed by atoms with Crippen LogP contribution < -0.4 is 10.6 Å². The van der Waals surface area contributed by atoms with Gasteiger partial charge in [0.15, 0.2) is 0 Å². The van der Waals surface area contributed by atoms with Crippen LogP contribution in [0.25, 0.3) is 11.6 Å². The molecule has 1 amide bonds. The summed E-state index contributed by atoms with van der Waals surface area (Å²) >= 11 is 0. The van der Waals surface area contributed by atoms with Crippen LogP contribution >= 0.6 is 0 Å². The van der Waals surface area contributed by atoms with Crippen LogP contribution in [-0.2, 0) is 4.79 Å². The highest BCUT2D eigenvalue weighted by Crippen LogP contribution is 2.34. The number of likely N-dealkylation sites (tertiary alicyclic amines) is 1. The minimum atomic E-state index is -4.59. The van der Waals surface area contributed by atoms with E-state index in [1.807, 2.05) is 30.3 Å². The van der Waals surface area contributed by atoms with Gasteiger partial charge in [-0.05, 0) is 25.0 Å². The monoisotopic (exact) mass is 448 g/mol. The van der Waals surface area contributed by atoms with Gasteiger partial charge in [-0.3, -0.25) is 4.79 Å². The number of nitrogens with two attached hydrogens (primary N) is 1. The number of alkyl halides is 3. The van der Waals surface area contributed by atoms with Gasteiger partial charge in [-0.1, -0.05) is 23.4 Å². The van der Waals surface area contributed by atoms with Gasteiger partial charge in [0.2, 0.25) is 35.3 Å². The van der Waals surface area contributed by atoms with E-state index in [1.165, 1.54) is 0 Å². The Kier molecular flexibility index (Phi) is 5.63. The third-order valence-electron chi connectivity index (χ3n) is 4.94. The lowest BCUT2D eigenvalue weighted by Gasteiger charge is -2.22. The predicted molar refractivity (Wildman–Crippen MR) is 106 cm³/mol. The third kappa shape index (κ3) is 4.60. The third-order valence-corrected chi connectivity index (χ3v) is 4.94. The van der Waals surface area contributed by atoms with Crippen molar-refractivity contribution in [3.63, 3.8) is 0 Å². The highest BCUT2D eigenvalue weighted by molar-refractivity contribution is 5.77. The summed E-state index contributed by atoms with van der Waals surface area (Å²) in [4.78, 5) is 31.6. The number of hydrogen-bond donors (Lipinski definition) is 1. The van der Waals surface area contributed by atoms with Gasteiger partial charge in [-0.15, -0.1) is 0 Å². The Morgan fingerprint density at radius 2 is 1.94 bits per heavy atom. The van der Waals surface area contributed by atoms with Crippen molar-refractivity contribution in [1.82, 2.24) is 30.0 Å². The molecule has 0 spiro atoms. The average Bonchev–Trinajstić information content (AvgIpc) is 3.41. The Hall–Kier alpha value is -3.77. The number of hydrogen-bond acceptors (Lipinski definition) is 9. The molecule has 1 aliphatic rings. The summed E-state index contributed by atoms with van der Waals surface area (Å²) in [6.07, 6.45) is -5.19. The molecule has 3 aromatic rings. The van der Waals surface area contributed by atoms with E-state index in [-0.39, 0.29) is 36.0 Å². The first-order valence-corrected chi connectivity index (χ1v) is 9.72. The largest absolute Gasteiger partial charge is 0.397 e. The lowest BCUT2D eigenvalue weighted by Crippen LogP contribution is -2.33. The molecule has 0 bridgehead atoms. The molecule has 2 aromatic heterocycles. The van der Waals surface area contributed by atoms with Crippen molar-refractivity contribution in [3.8, 4) is 11.6 Å². The van der Waals surface area contributed by atoms with Crippen LogP contribution in [0.4, 0.5) is 30.8 Å². The molecule has 1 saturated heterocycles. The van der Waals surface area contributed by atoms with Crippen molar-refractivity contribution in [2.45, 2.75) is 31.5 Å². The molecule has 1 atom stereocenters. The van der Waals surface area contributed by atoms with Crippen LogP contribution in [-0.4, -0.2) is 55.7 Å². The van der Waals surface area contributed by atoms with Crippen LogP contribution in [0.5, 0.6) is 0 Å². The van der Waals surface area contributed by atoms with Crippen LogP contribution in [0.15, 0.2) is 34.9 Å². The van der Waals surface area contributed by atoms with Crippen LogP contribution in [0.2, 0.25) is 0 Å². The van der Waals surface area contributed by atoms with Gasteiger partial charge in [-0.25, -0.2) is 0 Å². The lowest BCUT2D eigenvalue weighted by atomic mass is 10.2. The summed E-state index contributed by atoms with van der Waals surface area (Å²) < 4.78 is 43.2. The molecule has 1 fully saturated rings. The predicted octanol–water partition coefficient (Wildman–Crippen LogP) is 2.89. The summed E-state index contributed by atoms with van der Waals surface area (Å²) in [5, 5.41) is 3.84. The molecular formula is C19H19F3N8O2. The van der Waals surface area contributed by atoms with E-state index in [0.29, 0.717) is 12.8 Å². The van der Waals surface area contributed by atoms with E-state index in [9.17, 15) is 18.0 Å². The maximum absolute atomic E-state index is 12.6. The second kappa shape index (κ2) is 8.40. The number of benzene rings is 1. The Bertz CT molecular complexity index is 1110. The summed E-state index contributed by atoms with van der Waals surface area (Å²) in [5.74, 6) is -0.806. The number of para-hydroxylation sites is 1. The normalized spacial score (nSPS) is 16.4. The molecular weight excluding hydrogens is 429 g/mol. The van der Waals surface area contributed by atoms with Gasteiger partial charge >= 0.3 is 6.18 Å². The zero-order valence-corrected chi connectivity index (χ0v) is 17.0. The van der Waals surface area contributed by atoms with Crippen LogP contribution in [0.1, 0.15) is 31.2 Å². The number of aromatic nitrogens is 5. The highest BCUT2D eigenvalue weighted by Gasteiger charge is 2.39. The zero-order valence-electron chi connectivity index (χ0n) is 17.0. The summed E-state index contributed by atoms with van der Waals surface area (Å²) in [6, 6.07) is 8.57. The molecule has 1 aliphatic heterocycles. The fraction of sp³-hybridized carbons (Fsp3) is 0.368. The minimum Gasteiger partial charge on any atom is -0.368 e.